The van der Waals surface area contributed by atoms with Gasteiger partial charge in [0.15, 0.2) is 0 Å². The van der Waals surface area contributed by atoms with Crippen molar-refractivity contribution in [3.8, 4) is 0 Å². The molecule has 6 heteroatoms. The first-order valence-corrected chi connectivity index (χ1v) is 11.1. The molecule has 2 aromatic carbocycles. The van der Waals surface area contributed by atoms with Gasteiger partial charge in [-0.05, 0) is 35.4 Å². The number of hydrogen-bond acceptors (Lipinski definition) is 5. The molecule has 1 N–H and O–H groups in total. The van der Waals surface area contributed by atoms with Crippen molar-refractivity contribution in [2.24, 2.45) is 0 Å². The van der Waals surface area contributed by atoms with Gasteiger partial charge in [0.25, 0.3) is 0 Å². The first-order chi connectivity index (χ1) is 14.7. The fourth-order valence-corrected chi connectivity index (χ4v) is 4.60. The molecule has 30 heavy (non-hydrogen) atoms. The predicted octanol–water partition coefficient (Wildman–Crippen LogP) is 4.39. The number of piperazine rings is 1. The van der Waals surface area contributed by atoms with Crippen molar-refractivity contribution in [2.75, 3.05) is 31.1 Å². The van der Waals surface area contributed by atoms with Gasteiger partial charge in [-0.15, -0.1) is 11.8 Å². The molecule has 0 bridgehead atoms. The third-order valence-electron chi connectivity index (χ3n) is 5.24. The number of rotatable bonds is 7. The van der Waals surface area contributed by atoms with Crippen LogP contribution in [0.1, 0.15) is 21.5 Å². The molecule has 0 atom stereocenters. The molecule has 0 radical (unpaired) electrons. The molecule has 1 saturated heterocycles. The quantitative estimate of drug-likeness (QED) is 0.573. The average Bonchev–Trinajstić information content (AvgIpc) is 2.79. The second-order valence-corrected chi connectivity index (χ2v) is 8.41. The third-order valence-corrected chi connectivity index (χ3v) is 6.31. The Morgan fingerprint density at radius 3 is 2.47 bits per heavy atom. The van der Waals surface area contributed by atoms with Gasteiger partial charge < -0.3 is 10.0 Å². The predicted molar refractivity (Wildman–Crippen MR) is 121 cm³/mol. The van der Waals surface area contributed by atoms with E-state index in [1.54, 1.807) is 18.3 Å². The molecule has 1 aliphatic heterocycles. The highest BCUT2D eigenvalue weighted by atomic mass is 32.2. The van der Waals surface area contributed by atoms with E-state index in [-0.39, 0.29) is 5.56 Å². The minimum absolute atomic E-state index is 0.272. The monoisotopic (exact) mass is 419 g/mol. The number of anilines is 1. The number of carbonyl (C=O) groups is 1. The van der Waals surface area contributed by atoms with Crippen LogP contribution in [-0.2, 0) is 12.3 Å². The maximum Gasteiger partial charge on any atom is 0.339 e. The lowest BCUT2D eigenvalue weighted by Crippen LogP contribution is -2.46. The van der Waals surface area contributed by atoms with Gasteiger partial charge in [0, 0.05) is 49.6 Å². The average molecular weight is 420 g/mol. The number of thioether (sulfide) groups is 1. The first-order valence-electron chi connectivity index (χ1n) is 10.1. The molecule has 154 valence electrons. The molecule has 1 fully saturated rings. The van der Waals surface area contributed by atoms with Crippen molar-refractivity contribution >= 4 is 23.5 Å². The Balaban J connectivity index is 1.33. The number of pyridine rings is 1. The van der Waals surface area contributed by atoms with Crippen molar-refractivity contribution in [3.63, 3.8) is 0 Å². The summed E-state index contributed by atoms with van der Waals surface area (Å²) in [5.41, 5.74) is 2.92. The molecule has 0 unspecified atom stereocenters. The van der Waals surface area contributed by atoms with Crippen molar-refractivity contribution in [1.82, 2.24) is 9.88 Å². The number of carboxylic acid groups (broad SMARTS) is 1. The van der Waals surface area contributed by atoms with Crippen LogP contribution in [0.3, 0.4) is 0 Å². The maximum atomic E-state index is 11.5. The maximum absolute atomic E-state index is 11.5. The van der Waals surface area contributed by atoms with E-state index >= 15 is 0 Å². The van der Waals surface area contributed by atoms with Crippen LogP contribution in [-0.4, -0.2) is 47.1 Å². The zero-order valence-electron chi connectivity index (χ0n) is 16.8. The number of nitrogens with zero attached hydrogens (tertiary/aromatic N) is 3. The second-order valence-electron chi connectivity index (χ2n) is 7.36. The Hall–Kier alpha value is -2.83. The van der Waals surface area contributed by atoms with E-state index in [4.69, 9.17) is 0 Å². The van der Waals surface area contributed by atoms with E-state index < -0.39 is 5.97 Å². The summed E-state index contributed by atoms with van der Waals surface area (Å²) in [7, 11) is 0. The van der Waals surface area contributed by atoms with Gasteiger partial charge in [0.1, 0.15) is 11.4 Å². The van der Waals surface area contributed by atoms with Crippen molar-refractivity contribution in [2.45, 2.75) is 17.2 Å². The molecular formula is C24H25N3O2S. The Morgan fingerprint density at radius 2 is 1.70 bits per heavy atom. The van der Waals surface area contributed by atoms with Gasteiger partial charge in [0.05, 0.1) is 0 Å². The molecular weight excluding hydrogens is 394 g/mol. The zero-order valence-corrected chi connectivity index (χ0v) is 17.6. The normalized spacial score (nSPS) is 14.6. The summed E-state index contributed by atoms with van der Waals surface area (Å²) in [5.74, 6) is 0.619. The van der Waals surface area contributed by atoms with E-state index in [9.17, 15) is 9.90 Å². The molecule has 4 rings (SSSR count). The molecule has 1 aromatic heterocycles. The summed E-state index contributed by atoms with van der Waals surface area (Å²) in [4.78, 5) is 21.6. The molecule has 0 amide bonds. The highest BCUT2D eigenvalue weighted by Crippen LogP contribution is 2.25. The van der Waals surface area contributed by atoms with Crippen molar-refractivity contribution < 1.29 is 9.90 Å². The van der Waals surface area contributed by atoms with Crippen LogP contribution in [0.15, 0.2) is 77.8 Å². The lowest BCUT2D eigenvalue weighted by atomic mass is 10.2. The van der Waals surface area contributed by atoms with Crippen LogP contribution in [0.2, 0.25) is 0 Å². The van der Waals surface area contributed by atoms with Crippen LogP contribution in [0, 0.1) is 0 Å². The SMILES string of the molecule is O=C(O)c1cccnc1N1CCN(Cc2cccc(SCc3ccccc3)c2)CC1. The standard InChI is InChI=1S/C24H25N3O2S/c28-24(29)22-10-5-11-25-23(22)27-14-12-26(13-15-27)17-20-8-4-9-21(16-20)30-18-19-6-2-1-3-7-19/h1-11,16H,12-15,17-18H2,(H,28,29). The lowest BCUT2D eigenvalue weighted by Gasteiger charge is -2.35. The van der Waals surface area contributed by atoms with Crippen molar-refractivity contribution in [3.05, 3.63) is 89.6 Å². The topological polar surface area (TPSA) is 56.7 Å². The molecule has 3 aromatic rings. The minimum atomic E-state index is -0.926. The molecule has 0 saturated carbocycles. The van der Waals surface area contributed by atoms with E-state index in [0.717, 1.165) is 38.5 Å². The van der Waals surface area contributed by atoms with Gasteiger partial charge >= 0.3 is 5.97 Å². The number of carboxylic acids is 1. The summed E-state index contributed by atoms with van der Waals surface area (Å²) in [6.07, 6.45) is 1.66. The van der Waals surface area contributed by atoms with Crippen LogP contribution in [0.4, 0.5) is 5.82 Å². The Morgan fingerprint density at radius 1 is 0.933 bits per heavy atom. The fourth-order valence-electron chi connectivity index (χ4n) is 3.67. The second kappa shape index (κ2) is 9.78. The van der Waals surface area contributed by atoms with Crippen LogP contribution >= 0.6 is 11.8 Å². The van der Waals surface area contributed by atoms with E-state index in [0.29, 0.717) is 5.82 Å². The Kier molecular flexibility index (Phi) is 6.67. The van der Waals surface area contributed by atoms with Crippen molar-refractivity contribution in [1.29, 1.82) is 0 Å². The van der Waals surface area contributed by atoms with E-state index in [1.807, 2.05) is 17.8 Å². The van der Waals surface area contributed by atoms with E-state index in [2.05, 4.69) is 63.3 Å². The Bertz CT molecular complexity index is 989. The summed E-state index contributed by atoms with van der Waals surface area (Å²) in [6.45, 7) is 4.23. The zero-order chi connectivity index (χ0) is 20.8. The van der Waals surface area contributed by atoms with Crippen LogP contribution in [0.25, 0.3) is 0 Å². The van der Waals surface area contributed by atoms with Gasteiger partial charge in [-0.3, -0.25) is 4.90 Å². The molecule has 0 spiro atoms. The minimum Gasteiger partial charge on any atom is -0.478 e. The highest BCUT2D eigenvalue weighted by molar-refractivity contribution is 7.98. The smallest absolute Gasteiger partial charge is 0.339 e. The molecule has 2 heterocycles. The largest absolute Gasteiger partial charge is 0.478 e. The number of benzene rings is 2. The lowest BCUT2D eigenvalue weighted by molar-refractivity contribution is 0.0697. The summed E-state index contributed by atoms with van der Waals surface area (Å²) in [5, 5.41) is 9.41. The molecule has 5 nitrogen and oxygen atoms in total. The number of hydrogen-bond donors (Lipinski definition) is 1. The number of aromatic carboxylic acids is 1. The van der Waals surface area contributed by atoms with Crippen LogP contribution in [0.5, 0.6) is 0 Å². The summed E-state index contributed by atoms with van der Waals surface area (Å²) >= 11 is 1.86. The summed E-state index contributed by atoms with van der Waals surface area (Å²) in [6, 6.07) is 22.6. The molecule has 0 aliphatic carbocycles. The van der Waals surface area contributed by atoms with Gasteiger partial charge in [0.2, 0.25) is 0 Å². The van der Waals surface area contributed by atoms with Gasteiger partial charge in [-0.1, -0.05) is 42.5 Å². The summed E-state index contributed by atoms with van der Waals surface area (Å²) < 4.78 is 0. The van der Waals surface area contributed by atoms with E-state index in [1.165, 1.54) is 16.0 Å². The first kappa shape index (κ1) is 20.4. The third kappa shape index (κ3) is 5.20. The fraction of sp³-hybridized carbons (Fsp3) is 0.250. The van der Waals surface area contributed by atoms with Crippen LogP contribution < -0.4 is 4.90 Å². The Labute approximate surface area is 181 Å². The highest BCUT2D eigenvalue weighted by Gasteiger charge is 2.22. The number of aromatic nitrogens is 1. The van der Waals surface area contributed by atoms with Gasteiger partial charge in [-0.25, -0.2) is 9.78 Å². The van der Waals surface area contributed by atoms with Gasteiger partial charge in [-0.2, -0.15) is 0 Å². The molecule has 1 aliphatic rings.